The Morgan fingerprint density at radius 3 is 2.49 bits per heavy atom. The summed E-state index contributed by atoms with van der Waals surface area (Å²) in [6, 6.07) is 17.8. The number of methoxy groups -OCH3 is 1. The first-order chi connectivity index (χ1) is 18.7. The number of hydrogen-bond donors (Lipinski definition) is 2. The van der Waals surface area contributed by atoms with Crippen molar-refractivity contribution >= 4 is 11.6 Å². The predicted octanol–water partition coefficient (Wildman–Crippen LogP) is 6.60. The van der Waals surface area contributed by atoms with Crippen molar-refractivity contribution < 1.29 is 23.4 Å². The third-order valence-electron chi connectivity index (χ3n) is 7.37. The van der Waals surface area contributed by atoms with Crippen LogP contribution in [0.2, 0.25) is 5.02 Å². The van der Waals surface area contributed by atoms with Gasteiger partial charge in [-0.25, -0.2) is 8.78 Å². The lowest BCUT2D eigenvalue weighted by Gasteiger charge is -2.34. The van der Waals surface area contributed by atoms with Gasteiger partial charge in [-0.1, -0.05) is 41.9 Å². The summed E-state index contributed by atoms with van der Waals surface area (Å²) in [5.74, 6) is -1.83. The minimum atomic E-state index is -0.785. The number of benzene rings is 3. The highest BCUT2D eigenvalue weighted by molar-refractivity contribution is 6.33. The molecule has 0 heterocycles. The minimum Gasteiger partial charge on any atom is -0.488 e. The zero-order valence-corrected chi connectivity index (χ0v) is 22.9. The van der Waals surface area contributed by atoms with Gasteiger partial charge < -0.3 is 19.9 Å². The minimum absolute atomic E-state index is 0.0219. The molecule has 206 valence electrons. The molecule has 0 aromatic heterocycles. The number of rotatable bonds is 10. The molecule has 3 aromatic carbocycles. The summed E-state index contributed by atoms with van der Waals surface area (Å²) in [6.07, 6.45) is 3.08. The highest BCUT2D eigenvalue weighted by Crippen LogP contribution is 2.40. The van der Waals surface area contributed by atoms with E-state index in [2.05, 4.69) is 5.32 Å². The van der Waals surface area contributed by atoms with Gasteiger partial charge in [0, 0.05) is 36.7 Å². The second-order valence-corrected chi connectivity index (χ2v) is 10.6. The molecular formula is C31H33ClF2N2O3. The average Bonchev–Trinajstić information content (AvgIpc) is 2.93. The monoisotopic (exact) mass is 554 g/mol. The van der Waals surface area contributed by atoms with Crippen molar-refractivity contribution in [3.05, 3.63) is 87.9 Å². The summed E-state index contributed by atoms with van der Waals surface area (Å²) in [4.78, 5) is 0. The van der Waals surface area contributed by atoms with Gasteiger partial charge in [0.2, 0.25) is 0 Å². The number of ether oxygens (including phenoxy) is 2. The molecule has 0 spiro atoms. The topological polar surface area (TPSA) is 74.5 Å². The van der Waals surface area contributed by atoms with Crippen LogP contribution in [0.1, 0.15) is 55.2 Å². The fourth-order valence-electron chi connectivity index (χ4n) is 5.09. The number of halogens is 3. The van der Waals surface area contributed by atoms with E-state index in [1.54, 1.807) is 6.07 Å². The first-order valence-corrected chi connectivity index (χ1v) is 13.5. The van der Waals surface area contributed by atoms with E-state index in [-0.39, 0.29) is 52.6 Å². The molecule has 4 rings (SSSR count). The van der Waals surface area contributed by atoms with Gasteiger partial charge in [0.05, 0.1) is 28.9 Å². The van der Waals surface area contributed by atoms with Crippen LogP contribution in [0.3, 0.4) is 0 Å². The zero-order valence-electron chi connectivity index (χ0n) is 22.1. The lowest BCUT2D eigenvalue weighted by molar-refractivity contribution is 0.0141. The summed E-state index contributed by atoms with van der Waals surface area (Å²) in [5.41, 5.74) is 0.921. The lowest BCUT2D eigenvalue weighted by Crippen LogP contribution is -2.41. The largest absolute Gasteiger partial charge is 0.488 e. The number of nitrogens with one attached hydrogen (secondary N) is 1. The van der Waals surface area contributed by atoms with Gasteiger partial charge in [-0.3, -0.25) is 0 Å². The Morgan fingerprint density at radius 2 is 1.82 bits per heavy atom. The molecule has 1 aliphatic carbocycles. The Morgan fingerprint density at radius 1 is 1.10 bits per heavy atom. The molecule has 1 fully saturated rings. The van der Waals surface area contributed by atoms with Crippen LogP contribution in [0.25, 0.3) is 11.1 Å². The normalized spacial score (nSPS) is 19.9. The lowest BCUT2D eigenvalue weighted by atomic mass is 9.83. The molecule has 2 N–H and O–H groups in total. The molecule has 0 saturated heterocycles. The van der Waals surface area contributed by atoms with Crippen molar-refractivity contribution in [1.29, 1.82) is 5.26 Å². The van der Waals surface area contributed by atoms with Crippen molar-refractivity contribution in [2.45, 2.75) is 50.2 Å². The molecule has 5 nitrogen and oxygen atoms in total. The van der Waals surface area contributed by atoms with E-state index in [1.165, 1.54) is 25.3 Å². The molecule has 0 aliphatic heterocycles. The molecule has 1 aliphatic rings. The maximum atomic E-state index is 15.7. The predicted molar refractivity (Wildman–Crippen MR) is 148 cm³/mol. The van der Waals surface area contributed by atoms with Crippen LogP contribution in [-0.2, 0) is 4.74 Å². The number of aliphatic hydroxyl groups is 1. The van der Waals surface area contributed by atoms with Crippen molar-refractivity contribution in [3.8, 4) is 22.9 Å². The van der Waals surface area contributed by atoms with E-state index in [0.717, 1.165) is 18.4 Å². The van der Waals surface area contributed by atoms with Gasteiger partial charge in [-0.05, 0) is 68.0 Å². The van der Waals surface area contributed by atoms with Gasteiger partial charge in [0.25, 0.3) is 0 Å². The van der Waals surface area contributed by atoms with Crippen LogP contribution in [0.15, 0.2) is 54.6 Å². The molecule has 1 atom stereocenters. The highest BCUT2D eigenvalue weighted by atomic mass is 35.5. The molecule has 8 heteroatoms. The first-order valence-electron chi connectivity index (χ1n) is 13.1. The van der Waals surface area contributed by atoms with Crippen molar-refractivity contribution in [1.82, 2.24) is 5.32 Å². The van der Waals surface area contributed by atoms with Crippen LogP contribution in [0.5, 0.6) is 5.75 Å². The average molecular weight is 555 g/mol. The molecule has 0 amide bonds. The summed E-state index contributed by atoms with van der Waals surface area (Å²) in [7, 11) is 1.51. The van der Waals surface area contributed by atoms with Crippen LogP contribution in [0, 0.1) is 23.0 Å². The smallest absolute Gasteiger partial charge is 0.174 e. The molecule has 3 aromatic rings. The third-order valence-corrected chi connectivity index (χ3v) is 7.75. The van der Waals surface area contributed by atoms with Crippen LogP contribution in [-0.4, -0.2) is 43.6 Å². The Kier molecular flexibility index (Phi) is 9.58. The molecule has 1 unspecified atom stereocenters. The molecule has 0 bridgehead atoms. The second-order valence-electron chi connectivity index (χ2n) is 10.3. The summed E-state index contributed by atoms with van der Waals surface area (Å²) < 4.78 is 41.6. The quantitative estimate of drug-likeness (QED) is 0.276. The van der Waals surface area contributed by atoms with Crippen LogP contribution >= 0.6 is 11.6 Å². The number of nitriles is 1. The van der Waals surface area contributed by atoms with E-state index < -0.39 is 17.2 Å². The zero-order chi connectivity index (χ0) is 28.0. The molecule has 1 saturated carbocycles. The molecular weight excluding hydrogens is 522 g/mol. The van der Waals surface area contributed by atoms with Gasteiger partial charge in [0.15, 0.2) is 11.6 Å². The van der Waals surface area contributed by atoms with Gasteiger partial charge in [0.1, 0.15) is 12.4 Å². The Bertz CT molecular complexity index is 1320. The van der Waals surface area contributed by atoms with Gasteiger partial charge in [-0.15, -0.1) is 0 Å². The van der Waals surface area contributed by atoms with Crippen molar-refractivity contribution in [2.75, 3.05) is 26.9 Å². The SMILES string of the molecule is COCCOc1ccc(C#N)c(-c2cc(C(CNC3CCC(C)(O)CC3)c3ccccc3)cc(F)c2Cl)c1F. The van der Waals surface area contributed by atoms with Crippen LogP contribution < -0.4 is 10.1 Å². The Labute approximate surface area is 233 Å². The Balaban J connectivity index is 1.73. The van der Waals surface area contributed by atoms with Gasteiger partial charge in [-0.2, -0.15) is 5.26 Å². The highest BCUT2D eigenvalue weighted by Gasteiger charge is 2.29. The molecule has 0 radical (unpaired) electrons. The van der Waals surface area contributed by atoms with E-state index in [1.807, 2.05) is 43.3 Å². The Hall–Kier alpha value is -3.02. The van der Waals surface area contributed by atoms with Crippen molar-refractivity contribution in [3.63, 3.8) is 0 Å². The van der Waals surface area contributed by atoms with E-state index in [9.17, 15) is 10.4 Å². The summed E-state index contributed by atoms with van der Waals surface area (Å²) in [5, 5.41) is 23.4. The van der Waals surface area contributed by atoms with E-state index in [4.69, 9.17) is 21.1 Å². The summed E-state index contributed by atoms with van der Waals surface area (Å²) >= 11 is 6.40. The number of nitrogens with zero attached hydrogens (tertiary/aromatic N) is 1. The standard InChI is InChI=1S/C31H33ClF2N2O3/c1-31(37)12-10-23(11-13-31)36-19-25(20-6-4-3-5-7-20)22-16-24(29(32)26(33)17-22)28-21(18-35)8-9-27(30(28)34)39-15-14-38-2/h3-9,16-17,23,25,36-37H,10-15,19H2,1-2H3. The van der Waals surface area contributed by atoms with E-state index >= 15 is 8.78 Å². The second kappa shape index (κ2) is 12.9. The maximum Gasteiger partial charge on any atom is 0.174 e. The first kappa shape index (κ1) is 29.0. The van der Waals surface area contributed by atoms with Crippen LogP contribution in [0.4, 0.5) is 8.78 Å². The molecule has 39 heavy (non-hydrogen) atoms. The van der Waals surface area contributed by atoms with Crippen molar-refractivity contribution in [2.24, 2.45) is 0 Å². The number of hydrogen-bond acceptors (Lipinski definition) is 5. The fourth-order valence-corrected chi connectivity index (χ4v) is 5.30. The third kappa shape index (κ3) is 6.95. The summed E-state index contributed by atoms with van der Waals surface area (Å²) in [6.45, 7) is 2.73. The van der Waals surface area contributed by atoms with Gasteiger partial charge >= 0.3 is 0 Å². The van der Waals surface area contributed by atoms with E-state index in [0.29, 0.717) is 24.9 Å². The maximum absolute atomic E-state index is 15.7. The fraction of sp³-hybridized carbons (Fsp3) is 0.387.